The third-order valence-electron chi connectivity index (χ3n) is 5.29. The molecule has 4 nitrogen and oxygen atoms in total. The van der Waals surface area contributed by atoms with Gasteiger partial charge in [0.1, 0.15) is 11.5 Å². The first kappa shape index (κ1) is 24.2. The van der Waals surface area contributed by atoms with Gasteiger partial charge in [0.15, 0.2) is 6.10 Å². The van der Waals surface area contributed by atoms with Crippen LogP contribution in [0.3, 0.4) is 0 Å². The lowest BCUT2D eigenvalue weighted by atomic mass is 9.96. The Morgan fingerprint density at radius 2 is 1.64 bits per heavy atom. The molecular formula is C26H26F3NO3. The quantitative estimate of drug-likeness (QED) is 0.404. The number of ether oxygens (including phenoxy) is 2. The Bertz CT molecular complexity index is 1080. The zero-order valence-electron chi connectivity index (χ0n) is 18.7. The highest BCUT2D eigenvalue weighted by molar-refractivity contribution is 5.81. The van der Waals surface area contributed by atoms with E-state index in [0.717, 1.165) is 12.1 Å². The van der Waals surface area contributed by atoms with Gasteiger partial charge in [0.05, 0.1) is 12.7 Å². The lowest BCUT2D eigenvalue weighted by Gasteiger charge is -2.26. The molecule has 0 saturated carbocycles. The van der Waals surface area contributed by atoms with E-state index in [4.69, 9.17) is 9.47 Å². The molecule has 0 bridgehead atoms. The first-order chi connectivity index (χ1) is 15.7. The highest BCUT2D eigenvalue weighted by atomic mass is 19.4. The number of methoxy groups -OCH3 is 1. The molecule has 3 rings (SSSR count). The minimum atomic E-state index is -4.50. The number of hydrogen-bond acceptors (Lipinski definition) is 3. The van der Waals surface area contributed by atoms with Gasteiger partial charge in [-0.15, -0.1) is 0 Å². The number of likely N-dealkylation sites (N-methyl/N-ethyl adjacent to an activating group) is 1. The molecule has 0 aliphatic rings. The zero-order valence-corrected chi connectivity index (χ0v) is 18.7. The number of rotatable bonds is 8. The van der Waals surface area contributed by atoms with Crippen LogP contribution in [-0.4, -0.2) is 30.6 Å². The molecule has 0 aliphatic heterocycles. The highest BCUT2D eigenvalue weighted by Crippen LogP contribution is 2.37. The molecule has 0 aromatic heterocycles. The summed E-state index contributed by atoms with van der Waals surface area (Å²) in [5.41, 5.74) is 0.828. The lowest BCUT2D eigenvalue weighted by molar-refractivity contribution is -0.138. The number of benzene rings is 3. The topological polar surface area (TPSA) is 38.8 Å². The Morgan fingerprint density at radius 1 is 0.970 bits per heavy atom. The largest absolute Gasteiger partial charge is 0.496 e. The number of para-hydroxylation sites is 2. The van der Waals surface area contributed by atoms with Crippen LogP contribution in [0.1, 0.15) is 25.0 Å². The number of carbonyl (C=O) groups is 1. The summed E-state index contributed by atoms with van der Waals surface area (Å²) in [5, 5.41) is 0. The number of nitrogens with zero attached hydrogens (tertiary/aromatic N) is 1. The minimum Gasteiger partial charge on any atom is -0.496 e. The van der Waals surface area contributed by atoms with Gasteiger partial charge in [-0.05, 0) is 55.3 Å². The van der Waals surface area contributed by atoms with E-state index in [9.17, 15) is 18.0 Å². The van der Waals surface area contributed by atoms with Crippen LogP contribution < -0.4 is 9.47 Å². The minimum absolute atomic E-state index is 0.00484. The molecule has 3 aromatic rings. The summed E-state index contributed by atoms with van der Waals surface area (Å²) in [4.78, 5) is 14.6. The van der Waals surface area contributed by atoms with Crippen molar-refractivity contribution in [3.63, 3.8) is 0 Å². The molecule has 0 radical (unpaired) electrons. The monoisotopic (exact) mass is 457 g/mol. The maximum Gasteiger partial charge on any atom is 0.416 e. The first-order valence-electron chi connectivity index (χ1n) is 10.6. The van der Waals surface area contributed by atoms with E-state index in [1.807, 2.05) is 6.07 Å². The molecule has 1 atom stereocenters. The summed E-state index contributed by atoms with van der Waals surface area (Å²) < 4.78 is 51.6. The van der Waals surface area contributed by atoms with Crippen molar-refractivity contribution in [2.45, 2.75) is 32.7 Å². The van der Waals surface area contributed by atoms with Crippen LogP contribution in [0.2, 0.25) is 0 Å². The van der Waals surface area contributed by atoms with Crippen molar-refractivity contribution in [2.24, 2.45) is 0 Å². The van der Waals surface area contributed by atoms with Gasteiger partial charge in [-0.1, -0.05) is 42.5 Å². The van der Waals surface area contributed by atoms with E-state index in [2.05, 4.69) is 0 Å². The summed E-state index contributed by atoms with van der Waals surface area (Å²) in [6, 6.07) is 19.6. The molecule has 3 aromatic carbocycles. The molecule has 1 unspecified atom stereocenters. The summed E-state index contributed by atoms with van der Waals surface area (Å²) in [7, 11) is 1.51. The van der Waals surface area contributed by atoms with Crippen molar-refractivity contribution in [1.82, 2.24) is 4.90 Å². The van der Waals surface area contributed by atoms with Gasteiger partial charge in [0.25, 0.3) is 5.91 Å². The molecule has 1 amide bonds. The van der Waals surface area contributed by atoms with Crippen LogP contribution in [-0.2, 0) is 17.5 Å². The van der Waals surface area contributed by atoms with Crippen LogP contribution in [0.5, 0.6) is 11.5 Å². The summed E-state index contributed by atoms with van der Waals surface area (Å²) in [6.07, 6.45) is -5.30. The third-order valence-corrected chi connectivity index (χ3v) is 5.29. The average molecular weight is 457 g/mol. The van der Waals surface area contributed by atoms with Gasteiger partial charge in [-0.3, -0.25) is 4.79 Å². The van der Waals surface area contributed by atoms with Crippen LogP contribution in [0.4, 0.5) is 13.2 Å². The van der Waals surface area contributed by atoms with Crippen molar-refractivity contribution in [3.8, 4) is 22.6 Å². The standard InChI is InChI=1S/C26H26F3NO3/c1-4-30(25(31)18(2)33-21-10-6-5-7-11-21)17-19-16-20(26(27,28)29)14-15-22(19)23-12-8-9-13-24(23)32-3/h5-16,18H,4,17H2,1-3H3. The van der Waals surface area contributed by atoms with Crippen LogP contribution in [0.15, 0.2) is 72.8 Å². The zero-order chi connectivity index (χ0) is 24.0. The molecule has 0 heterocycles. The van der Waals surface area contributed by atoms with Crippen LogP contribution in [0.25, 0.3) is 11.1 Å². The number of halogens is 3. The Morgan fingerprint density at radius 3 is 2.27 bits per heavy atom. The summed E-state index contributed by atoms with van der Waals surface area (Å²) in [5.74, 6) is 0.765. The van der Waals surface area contributed by atoms with E-state index < -0.39 is 17.8 Å². The number of amides is 1. The smallest absolute Gasteiger partial charge is 0.416 e. The maximum atomic E-state index is 13.5. The van der Waals surface area contributed by atoms with Crippen LogP contribution in [0, 0.1) is 0 Å². The average Bonchev–Trinajstić information content (AvgIpc) is 2.82. The molecule has 7 heteroatoms. The molecule has 0 fully saturated rings. The first-order valence-corrected chi connectivity index (χ1v) is 10.6. The lowest BCUT2D eigenvalue weighted by Crippen LogP contribution is -2.40. The molecule has 174 valence electrons. The number of hydrogen-bond donors (Lipinski definition) is 0. The van der Waals surface area contributed by atoms with Gasteiger partial charge in [-0.25, -0.2) is 0 Å². The Kier molecular flexibility index (Phi) is 7.63. The van der Waals surface area contributed by atoms with Crippen molar-refractivity contribution in [2.75, 3.05) is 13.7 Å². The van der Waals surface area contributed by atoms with Crippen LogP contribution >= 0.6 is 0 Å². The molecule has 0 saturated heterocycles. The van der Waals surface area contributed by atoms with Gasteiger partial charge >= 0.3 is 6.18 Å². The molecule has 0 spiro atoms. The SMILES string of the molecule is CCN(Cc1cc(C(F)(F)F)ccc1-c1ccccc1OC)C(=O)C(C)Oc1ccccc1. The second-order valence-electron chi connectivity index (χ2n) is 7.50. The second kappa shape index (κ2) is 10.4. The molecular weight excluding hydrogens is 431 g/mol. The Balaban J connectivity index is 1.95. The van der Waals surface area contributed by atoms with Crippen molar-refractivity contribution in [1.29, 1.82) is 0 Å². The molecule has 0 aliphatic carbocycles. The van der Waals surface area contributed by atoms with E-state index in [0.29, 0.717) is 34.7 Å². The fraction of sp³-hybridized carbons (Fsp3) is 0.269. The Labute approximate surface area is 191 Å². The van der Waals surface area contributed by atoms with E-state index in [-0.39, 0.29) is 12.5 Å². The predicted octanol–water partition coefficient (Wildman–Crippen LogP) is 6.20. The fourth-order valence-corrected chi connectivity index (χ4v) is 3.59. The van der Waals surface area contributed by atoms with Crippen molar-refractivity contribution < 1.29 is 27.4 Å². The second-order valence-corrected chi connectivity index (χ2v) is 7.50. The van der Waals surface area contributed by atoms with Gasteiger partial charge < -0.3 is 14.4 Å². The summed E-state index contributed by atoms with van der Waals surface area (Å²) >= 11 is 0. The van der Waals surface area contributed by atoms with E-state index in [1.165, 1.54) is 18.1 Å². The fourth-order valence-electron chi connectivity index (χ4n) is 3.59. The highest BCUT2D eigenvalue weighted by Gasteiger charge is 2.32. The Hall–Kier alpha value is -3.48. The number of alkyl halides is 3. The third kappa shape index (κ3) is 5.86. The van der Waals surface area contributed by atoms with E-state index >= 15 is 0 Å². The van der Waals surface area contributed by atoms with Crippen molar-refractivity contribution in [3.05, 3.63) is 83.9 Å². The molecule has 33 heavy (non-hydrogen) atoms. The van der Waals surface area contributed by atoms with Gasteiger partial charge in [0.2, 0.25) is 0 Å². The van der Waals surface area contributed by atoms with Gasteiger partial charge in [0, 0.05) is 18.7 Å². The normalized spacial score (nSPS) is 12.2. The predicted molar refractivity (Wildman–Crippen MR) is 121 cm³/mol. The number of carbonyl (C=O) groups excluding carboxylic acids is 1. The maximum absolute atomic E-state index is 13.5. The summed E-state index contributed by atoms with van der Waals surface area (Å²) in [6.45, 7) is 3.72. The van der Waals surface area contributed by atoms with Gasteiger partial charge in [-0.2, -0.15) is 13.2 Å². The van der Waals surface area contributed by atoms with Crippen molar-refractivity contribution >= 4 is 5.91 Å². The molecule has 0 N–H and O–H groups in total. The van der Waals surface area contributed by atoms with E-state index in [1.54, 1.807) is 62.4 Å².